The van der Waals surface area contributed by atoms with E-state index in [2.05, 4.69) is 22.2 Å². The van der Waals surface area contributed by atoms with Crippen LogP contribution in [0.1, 0.15) is 38.3 Å². The van der Waals surface area contributed by atoms with Crippen molar-refractivity contribution in [3.63, 3.8) is 0 Å². The highest BCUT2D eigenvalue weighted by molar-refractivity contribution is 6.18. The van der Waals surface area contributed by atoms with Crippen LogP contribution < -0.4 is 5.32 Å². The number of halogens is 1. The van der Waals surface area contributed by atoms with Crippen LogP contribution in [0.4, 0.5) is 5.82 Å². The number of hydrogen-bond donors (Lipinski definition) is 1. The molecule has 1 N–H and O–H groups in total. The Hall–Kier alpha value is -0.830. The van der Waals surface area contributed by atoms with Gasteiger partial charge in [-0.3, -0.25) is 4.98 Å². The first-order valence-electron chi connectivity index (χ1n) is 6.27. The minimum absolute atomic E-state index is 0.0000154. The van der Waals surface area contributed by atoms with Gasteiger partial charge < -0.3 is 5.32 Å². The van der Waals surface area contributed by atoms with Crippen molar-refractivity contribution in [2.75, 3.05) is 11.2 Å². The molecular weight excluding hydrogens is 234 g/mol. The predicted molar refractivity (Wildman–Crippen MR) is 71.5 cm³/mol. The third kappa shape index (κ3) is 2.89. The van der Waals surface area contributed by atoms with E-state index in [1.807, 2.05) is 6.92 Å². The second-order valence-corrected chi connectivity index (χ2v) is 5.50. The molecule has 0 aliphatic heterocycles. The predicted octanol–water partition coefficient (Wildman–Crippen LogP) is 3.38. The van der Waals surface area contributed by atoms with Crippen LogP contribution in [-0.4, -0.2) is 21.4 Å². The molecule has 0 amide bonds. The van der Waals surface area contributed by atoms with Gasteiger partial charge >= 0.3 is 0 Å². The summed E-state index contributed by atoms with van der Waals surface area (Å²) in [6.45, 7) is 4.27. The Kier molecular flexibility index (Phi) is 3.87. The topological polar surface area (TPSA) is 37.8 Å². The Labute approximate surface area is 108 Å². The lowest BCUT2D eigenvalue weighted by atomic mass is 9.77. The summed E-state index contributed by atoms with van der Waals surface area (Å²) in [5.74, 6) is 2.24. The van der Waals surface area contributed by atoms with Crippen molar-refractivity contribution in [2.24, 2.45) is 5.92 Å². The number of rotatable bonds is 3. The van der Waals surface area contributed by atoms with Gasteiger partial charge in [-0.2, -0.15) is 0 Å². The molecule has 1 saturated carbocycles. The number of anilines is 1. The quantitative estimate of drug-likeness (QED) is 0.840. The smallest absolute Gasteiger partial charge is 0.147 e. The van der Waals surface area contributed by atoms with E-state index in [1.54, 1.807) is 12.4 Å². The van der Waals surface area contributed by atoms with Crippen LogP contribution in [0.3, 0.4) is 0 Å². The van der Waals surface area contributed by atoms with Gasteiger partial charge in [0.15, 0.2) is 0 Å². The van der Waals surface area contributed by atoms with Crippen molar-refractivity contribution in [3.8, 4) is 0 Å². The molecule has 3 nitrogen and oxygen atoms in total. The Morgan fingerprint density at radius 3 is 2.88 bits per heavy atom. The fourth-order valence-corrected chi connectivity index (χ4v) is 3.02. The number of nitrogens with one attached hydrogen (secondary N) is 1. The third-order valence-corrected chi connectivity index (χ3v) is 4.12. The van der Waals surface area contributed by atoms with Gasteiger partial charge in [0.1, 0.15) is 5.82 Å². The van der Waals surface area contributed by atoms with Crippen molar-refractivity contribution < 1.29 is 0 Å². The average Bonchev–Trinajstić information content (AvgIpc) is 2.32. The molecule has 0 aromatic carbocycles. The first kappa shape index (κ1) is 12.6. The van der Waals surface area contributed by atoms with E-state index in [9.17, 15) is 0 Å². The number of nitrogens with zero attached hydrogens (tertiary/aromatic N) is 2. The molecule has 0 radical (unpaired) electrons. The van der Waals surface area contributed by atoms with Gasteiger partial charge in [-0.15, -0.1) is 11.6 Å². The summed E-state index contributed by atoms with van der Waals surface area (Å²) in [5, 5.41) is 3.54. The van der Waals surface area contributed by atoms with Crippen LogP contribution in [0.25, 0.3) is 0 Å². The summed E-state index contributed by atoms with van der Waals surface area (Å²) in [4.78, 5) is 8.62. The molecule has 4 heteroatoms. The summed E-state index contributed by atoms with van der Waals surface area (Å²) in [5.41, 5.74) is 0.940. The van der Waals surface area contributed by atoms with Crippen molar-refractivity contribution in [3.05, 3.63) is 18.1 Å². The van der Waals surface area contributed by atoms with Crippen LogP contribution >= 0.6 is 11.6 Å². The van der Waals surface area contributed by atoms with Crippen LogP contribution in [0.15, 0.2) is 12.4 Å². The van der Waals surface area contributed by atoms with Gasteiger partial charge in [-0.05, 0) is 25.7 Å². The summed E-state index contributed by atoms with van der Waals surface area (Å²) in [6.07, 6.45) is 8.23. The maximum atomic E-state index is 6.19. The molecule has 1 aromatic heterocycles. The average molecular weight is 254 g/mol. The summed E-state index contributed by atoms with van der Waals surface area (Å²) in [6, 6.07) is 0. The van der Waals surface area contributed by atoms with E-state index in [-0.39, 0.29) is 5.54 Å². The number of aromatic nitrogens is 2. The molecule has 0 spiro atoms. The van der Waals surface area contributed by atoms with Crippen molar-refractivity contribution in [1.29, 1.82) is 0 Å². The van der Waals surface area contributed by atoms with E-state index >= 15 is 0 Å². The molecule has 1 aliphatic carbocycles. The lowest BCUT2D eigenvalue weighted by molar-refractivity contribution is 0.279. The molecule has 2 rings (SSSR count). The molecule has 94 valence electrons. The second kappa shape index (κ2) is 5.21. The van der Waals surface area contributed by atoms with Gasteiger partial charge in [0, 0.05) is 18.3 Å². The number of hydrogen-bond acceptors (Lipinski definition) is 3. The fourth-order valence-electron chi connectivity index (χ4n) is 2.71. The zero-order valence-electron chi connectivity index (χ0n) is 10.5. The van der Waals surface area contributed by atoms with Crippen LogP contribution in [0.5, 0.6) is 0 Å². The lowest BCUT2D eigenvalue weighted by Crippen LogP contribution is -2.44. The number of alkyl halides is 1. The molecule has 0 bridgehead atoms. The van der Waals surface area contributed by atoms with Crippen LogP contribution in [0.2, 0.25) is 0 Å². The van der Waals surface area contributed by atoms with Gasteiger partial charge in [0.05, 0.1) is 11.2 Å². The Morgan fingerprint density at radius 2 is 2.24 bits per heavy atom. The Bertz CT molecular complexity index is 383. The van der Waals surface area contributed by atoms with E-state index in [4.69, 9.17) is 11.6 Å². The number of aryl methyl sites for hydroxylation is 1. The maximum absolute atomic E-state index is 6.19. The first-order chi connectivity index (χ1) is 8.15. The minimum Gasteiger partial charge on any atom is -0.362 e. The molecule has 1 heterocycles. The summed E-state index contributed by atoms with van der Waals surface area (Å²) >= 11 is 6.19. The summed E-state index contributed by atoms with van der Waals surface area (Å²) < 4.78 is 0. The highest BCUT2D eigenvalue weighted by Crippen LogP contribution is 2.35. The Morgan fingerprint density at radius 1 is 1.47 bits per heavy atom. The van der Waals surface area contributed by atoms with Crippen molar-refractivity contribution in [1.82, 2.24) is 9.97 Å². The monoisotopic (exact) mass is 253 g/mol. The molecular formula is C13H20ClN3. The highest BCUT2D eigenvalue weighted by atomic mass is 35.5. The van der Waals surface area contributed by atoms with Gasteiger partial charge in [0.25, 0.3) is 0 Å². The SMILES string of the molecule is Cc1nccnc1NC1(CCl)CCCC(C)C1. The van der Waals surface area contributed by atoms with Crippen molar-refractivity contribution >= 4 is 17.4 Å². The molecule has 1 aromatic rings. The minimum atomic E-state index is 0.0000154. The molecule has 2 unspecified atom stereocenters. The third-order valence-electron chi connectivity index (χ3n) is 3.61. The standard InChI is InChI=1S/C13H20ClN3/c1-10-4-3-5-13(8-10,9-14)17-12-11(2)15-6-7-16-12/h6-7,10H,3-5,8-9H2,1-2H3,(H,16,17). The van der Waals surface area contributed by atoms with Gasteiger partial charge in [-0.1, -0.05) is 19.8 Å². The lowest BCUT2D eigenvalue weighted by Gasteiger charge is -2.40. The van der Waals surface area contributed by atoms with Gasteiger partial charge in [-0.25, -0.2) is 4.98 Å². The fraction of sp³-hybridized carbons (Fsp3) is 0.692. The van der Waals surface area contributed by atoms with E-state index in [1.165, 1.54) is 12.8 Å². The summed E-state index contributed by atoms with van der Waals surface area (Å²) in [7, 11) is 0. The van der Waals surface area contributed by atoms with E-state index in [0.717, 1.165) is 30.3 Å². The molecule has 2 atom stereocenters. The van der Waals surface area contributed by atoms with Gasteiger partial charge in [0.2, 0.25) is 0 Å². The maximum Gasteiger partial charge on any atom is 0.147 e. The van der Waals surface area contributed by atoms with Crippen molar-refractivity contribution in [2.45, 2.75) is 45.1 Å². The second-order valence-electron chi connectivity index (χ2n) is 5.23. The Balaban J connectivity index is 2.17. The van der Waals surface area contributed by atoms with E-state index in [0.29, 0.717) is 5.88 Å². The van der Waals surface area contributed by atoms with E-state index < -0.39 is 0 Å². The molecule has 0 saturated heterocycles. The zero-order valence-corrected chi connectivity index (χ0v) is 11.3. The van der Waals surface area contributed by atoms with Crippen LogP contribution in [-0.2, 0) is 0 Å². The highest BCUT2D eigenvalue weighted by Gasteiger charge is 2.34. The normalized spacial score (nSPS) is 29.0. The zero-order chi connectivity index (χ0) is 12.3. The van der Waals surface area contributed by atoms with Crippen LogP contribution in [0, 0.1) is 12.8 Å². The molecule has 17 heavy (non-hydrogen) atoms. The molecule has 1 aliphatic rings. The first-order valence-corrected chi connectivity index (χ1v) is 6.80. The molecule has 1 fully saturated rings. The largest absolute Gasteiger partial charge is 0.362 e.